The first-order valence-electron chi connectivity index (χ1n) is 10.1. The zero-order valence-electron chi connectivity index (χ0n) is 17.5. The maximum atomic E-state index is 13.3. The molecule has 166 valence electrons. The van der Waals surface area contributed by atoms with E-state index in [1.165, 1.54) is 0 Å². The number of alkyl halides is 3. The third-order valence-electron chi connectivity index (χ3n) is 5.38. The zero-order chi connectivity index (χ0) is 22.2. The molecule has 9 nitrogen and oxygen atoms in total. The smallest absolute Gasteiger partial charge is 0.370 e. The van der Waals surface area contributed by atoms with Crippen LogP contribution in [0.1, 0.15) is 57.3 Å². The third-order valence-corrected chi connectivity index (χ3v) is 5.38. The SMILES string of the molecule is CCNc1nc(Nc2cc(C(C)(C)n3nccn3)nn2C2CCC2)ncc1C(F)(F)F. The minimum atomic E-state index is -4.54. The molecule has 3 heterocycles. The number of halogens is 3. The molecule has 2 N–H and O–H groups in total. The van der Waals surface area contributed by atoms with Crippen LogP contribution in [0.2, 0.25) is 0 Å². The normalized spacial score (nSPS) is 15.0. The lowest BCUT2D eigenvalue weighted by molar-refractivity contribution is -0.137. The van der Waals surface area contributed by atoms with E-state index in [-0.39, 0.29) is 17.8 Å². The molecule has 12 heteroatoms. The van der Waals surface area contributed by atoms with Crippen LogP contribution >= 0.6 is 0 Å². The highest BCUT2D eigenvalue weighted by Crippen LogP contribution is 2.37. The molecule has 0 bridgehead atoms. The Labute approximate surface area is 177 Å². The van der Waals surface area contributed by atoms with E-state index >= 15 is 0 Å². The van der Waals surface area contributed by atoms with E-state index in [0.29, 0.717) is 12.4 Å². The molecule has 0 aromatic carbocycles. The Morgan fingerprint density at radius 3 is 2.45 bits per heavy atom. The molecule has 4 rings (SSSR count). The van der Waals surface area contributed by atoms with Crippen molar-refractivity contribution in [2.75, 3.05) is 17.2 Å². The number of nitrogens with zero attached hydrogens (tertiary/aromatic N) is 7. The van der Waals surface area contributed by atoms with Crippen LogP contribution < -0.4 is 10.6 Å². The molecular weight excluding hydrogens is 411 g/mol. The summed E-state index contributed by atoms with van der Waals surface area (Å²) in [5.41, 5.74) is -0.805. The molecule has 1 aliphatic carbocycles. The first-order chi connectivity index (χ1) is 14.7. The standard InChI is InChI=1S/C19H24F3N9/c1-4-23-16-13(19(20,21)22)11-24-17(28-16)27-15-10-14(29-30(15)12-6-5-7-12)18(2,3)31-25-8-9-26-31/h8-12H,4-7H2,1-3H3,(H2,23,24,27,28). The molecule has 0 radical (unpaired) electrons. The van der Waals surface area contributed by atoms with Crippen LogP contribution in [0.25, 0.3) is 0 Å². The van der Waals surface area contributed by atoms with Gasteiger partial charge in [-0.2, -0.15) is 38.2 Å². The largest absolute Gasteiger partial charge is 0.421 e. The Hall–Kier alpha value is -3.18. The van der Waals surface area contributed by atoms with Crippen molar-refractivity contribution in [3.63, 3.8) is 0 Å². The van der Waals surface area contributed by atoms with Crippen molar-refractivity contribution >= 4 is 17.6 Å². The van der Waals surface area contributed by atoms with Crippen molar-refractivity contribution in [1.82, 2.24) is 34.7 Å². The topological polar surface area (TPSA) is 98.4 Å². The third kappa shape index (κ3) is 4.06. The minimum absolute atomic E-state index is 0.0611. The van der Waals surface area contributed by atoms with Crippen LogP contribution in [0.15, 0.2) is 24.7 Å². The second-order valence-corrected chi connectivity index (χ2v) is 7.93. The summed E-state index contributed by atoms with van der Waals surface area (Å²) in [7, 11) is 0. The molecule has 1 saturated carbocycles. The van der Waals surface area contributed by atoms with Gasteiger partial charge < -0.3 is 10.6 Å². The highest BCUT2D eigenvalue weighted by molar-refractivity contribution is 5.55. The summed E-state index contributed by atoms with van der Waals surface area (Å²) >= 11 is 0. The molecule has 0 amide bonds. The van der Waals surface area contributed by atoms with Crippen LogP contribution in [0.3, 0.4) is 0 Å². The maximum Gasteiger partial charge on any atom is 0.421 e. The lowest BCUT2D eigenvalue weighted by Crippen LogP contribution is -2.31. The van der Waals surface area contributed by atoms with Gasteiger partial charge in [0.15, 0.2) is 0 Å². The Balaban J connectivity index is 1.69. The molecule has 3 aromatic rings. The van der Waals surface area contributed by atoms with Crippen molar-refractivity contribution in [3.05, 3.63) is 35.9 Å². The average molecular weight is 435 g/mol. The van der Waals surface area contributed by atoms with E-state index in [0.717, 1.165) is 31.2 Å². The molecular formula is C19H24F3N9. The highest BCUT2D eigenvalue weighted by atomic mass is 19.4. The second kappa shape index (κ2) is 7.82. The van der Waals surface area contributed by atoms with Gasteiger partial charge in [0.1, 0.15) is 22.7 Å². The lowest BCUT2D eigenvalue weighted by atomic mass is 9.93. The Kier molecular flexibility index (Phi) is 5.31. The van der Waals surface area contributed by atoms with Crippen molar-refractivity contribution in [2.24, 2.45) is 0 Å². The first-order valence-corrected chi connectivity index (χ1v) is 10.1. The summed E-state index contributed by atoms with van der Waals surface area (Å²) in [4.78, 5) is 9.53. The van der Waals surface area contributed by atoms with E-state index in [9.17, 15) is 13.2 Å². The molecule has 0 unspecified atom stereocenters. The molecule has 1 aliphatic rings. The monoisotopic (exact) mass is 435 g/mol. The molecule has 0 aliphatic heterocycles. The number of hydrogen-bond donors (Lipinski definition) is 2. The van der Waals surface area contributed by atoms with Crippen LogP contribution in [-0.4, -0.2) is 41.3 Å². The van der Waals surface area contributed by atoms with Gasteiger partial charge in [-0.25, -0.2) is 9.67 Å². The van der Waals surface area contributed by atoms with E-state index in [4.69, 9.17) is 5.10 Å². The highest BCUT2D eigenvalue weighted by Gasteiger charge is 2.36. The number of anilines is 3. The van der Waals surface area contributed by atoms with E-state index in [2.05, 4.69) is 30.8 Å². The molecule has 31 heavy (non-hydrogen) atoms. The van der Waals surface area contributed by atoms with Gasteiger partial charge in [0.2, 0.25) is 5.95 Å². The van der Waals surface area contributed by atoms with Crippen molar-refractivity contribution in [3.8, 4) is 0 Å². The molecule has 1 fully saturated rings. The predicted molar refractivity (Wildman–Crippen MR) is 108 cm³/mol. The number of nitrogens with one attached hydrogen (secondary N) is 2. The van der Waals surface area contributed by atoms with Gasteiger partial charge in [-0.15, -0.1) is 0 Å². The molecule has 0 spiro atoms. The zero-order valence-corrected chi connectivity index (χ0v) is 17.5. The molecule has 0 saturated heterocycles. The Bertz CT molecular complexity index is 1040. The molecule has 3 aromatic heterocycles. The summed E-state index contributed by atoms with van der Waals surface area (Å²) in [5.74, 6) is 0.414. The van der Waals surface area contributed by atoms with Gasteiger partial charge >= 0.3 is 6.18 Å². The number of hydrogen-bond acceptors (Lipinski definition) is 7. The van der Waals surface area contributed by atoms with E-state index in [1.807, 2.05) is 24.6 Å². The van der Waals surface area contributed by atoms with Gasteiger partial charge in [0, 0.05) is 18.8 Å². The maximum absolute atomic E-state index is 13.3. The van der Waals surface area contributed by atoms with Gasteiger partial charge in [-0.05, 0) is 40.0 Å². The number of rotatable bonds is 7. The summed E-state index contributed by atoms with van der Waals surface area (Å²) in [5, 5.41) is 18.9. The summed E-state index contributed by atoms with van der Waals surface area (Å²) in [6, 6.07) is 2.05. The van der Waals surface area contributed by atoms with Crippen LogP contribution in [0, 0.1) is 0 Å². The first kappa shape index (κ1) is 21.1. The number of aromatic nitrogens is 7. The summed E-state index contributed by atoms with van der Waals surface area (Å²) in [6.45, 7) is 5.90. The predicted octanol–water partition coefficient (Wildman–Crippen LogP) is 3.97. The van der Waals surface area contributed by atoms with Gasteiger partial charge in [-0.1, -0.05) is 0 Å². The van der Waals surface area contributed by atoms with Gasteiger partial charge in [-0.3, -0.25) is 0 Å². The van der Waals surface area contributed by atoms with Crippen molar-refractivity contribution in [1.29, 1.82) is 0 Å². The van der Waals surface area contributed by atoms with Crippen LogP contribution in [-0.2, 0) is 11.7 Å². The Morgan fingerprint density at radius 2 is 1.87 bits per heavy atom. The summed E-state index contributed by atoms with van der Waals surface area (Å²) < 4.78 is 41.6. The fourth-order valence-corrected chi connectivity index (χ4v) is 3.37. The fourth-order valence-electron chi connectivity index (χ4n) is 3.37. The fraction of sp³-hybridized carbons (Fsp3) is 0.526. The van der Waals surface area contributed by atoms with E-state index in [1.54, 1.807) is 24.1 Å². The van der Waals surface area contributed by atoms with Crippen LogP contribution in [0.5, 0.6) is 0 Å². The second-order valence-electron chi connectivity index (χ2n) is 7.93. The lowest BCUT2D eigenvalue weighted by Gasteiger charge is -2.28. The van der Waals surface area contributed by atoms with Crippen molar-refractivity contribution in [2.45, 2.75) is 57.8 Å². The quantitative estimate of drug-likeness (QED) is 0.579. The van der Waals surface area contributed by atoms with Crippen molar-refractivity contribution < 1.29 is 13.2 Å². The van der Waals surface area contributed by atoms with E-state index < -0.39 is 17.3 Å². The van der Waals surface area contributed by atoms with Gasteiger partial charge in [0.25, 0.3) is 0 Å². The average Bonchev–Trinajstić information content (AvgIpc) is 3.31. The minimum Gasteiger partial charge on any atom is -0.370 e. The van der Waals surface area contributed by atoms with Crippen LogP contribution in [0.4, 0.5) is 30.8 Å². The van der Waals surface area contributed by atoms with Gasteiger partial charge in [0.05, 0.1) is 24.1 Å². The summed E-state index contributed by atoms with van der Waals surface area (Å²) in [6.07, 6.45) is 2.50. The molecule has 0 atom stereocenters. The Morgan fingerprint density at radius 1 is 1.16 bits per heavy atom.